The van der Waals surface area contributed by atoms with Crippen molar-refractivity contribution in [3.8, 4) is 5.75 Å². The summed E-state index contributed by atoms with van der Waals surface area (Å²) in [6, 6.07) is 8.14. The van der Waals surface area contributed by atoms with Gasteiger partial charge in [-0.3, -0.25) is 9.48 Å². The zero-order valence-electron chi connectivity index (χ0n) is 16.3. The largest absolute Gasteiger partial charge is 0.493 e. The molecule has 1 amide bonds. The number of ether oxygens (including phenoxy) is 1. The zero-order valence-corrected chi connectivity index (χ0v) is 16.3. The molecule has 1 aromatic heterocycles. The van der Waals surface area contributed by atoms with Crippen LogP contribution in [0.15, 0.2) is 30.3 Å². The molecular formula is C21H28FN3O2. The summed E-state index contributed by atoms with van der Waals surface area (Å²) in [6.45, 7) is 8.08. The standard InChI is InChI=1S/C21H28FN3O2/c1-15-11-16(2)25(23-15)17(3)12-21(26)24-10-4-5-18(13-24)14-27-20-8-6-19(22)7-9-20/h6-9,11,17-18H,4-5,10,12-14H2,1-3H3/t17-,18+/m0/s1. The highest BCUT2D eigenvalue weighted by atomic mass is 19.1. The average molecular weight is 373 g/mol. The lowest BCUT2D eigenvalue weighted by Gasteiger charge is -2.33. The van der Waals surface area contributed by atoms with E-state index in [1.54, 1.807) is 12.1 Å². The van der Waals surface area contributed by atoms with Crippen LogP contribution in [-0.4, -0.2) is 40.3 Å². The minimum Gasteiger partial charge on any atom is -0.493 e. The summed E-state index contributed by atoms with van der Waals surface area (Å²) in [4.78, 5) is 14.7. The highest BCUT2D eigenvalue weighted by molar-refractivity contribution is 5.76. The number of amides is 1. The number of nitrogens with zero attached hydrogens (tertiary/aromatic N) is 3. The van der Waals surface area contributed by atoms with E-state index in [0.29, 0.717) is 31.2 Å². The summed E-state index contributed by atoms with van der Waals surface area (Å²) in [5.41, 5.74) is 2.06. The molecule has 0 N–H and O–H groups in total. The van der Waals surface area contributed by atoms with E-state index in [4.69, 9.17) is 4.74 Å². The molecule has 5 nitrogen and oxygen atoms in total. The smallest absolute Gasteiger partial charge is 0.224 e. The Labute approximate surface area is 160 Å². The highest BCUT2D eigenvalue weighted by Gasteiger charge is 2.26. The van der Waals surface area contributed by atoms with Crippen molar-refractivity contribution >= 4 is 5.91 Å². The second-order valence-electron chi connectivity index (χ2n) is 7.54. The topological polar surface area (TPSA) is 47.4 Å². The number of rotatable bonds is 6. The van der Waals surface area contributed by atoms with Gasteiger partial charge in [0.25, 0.3) is 0 Å². The lowest BCUT2D eigenvalue weighted by molar-refractivity contribution is -0.134. The molecular weight excluding hydrogens is 345 g/mol. The van der Waals surface area contributed by atoms with Crippen molar-refractivity contribution in [2.24, 2.45) is 5.92 Å². The normalized spacial score (nSPS) is 18.4. The van der Waals surface area contributed by atoms with Crippen molar-refractivity contribution in [1.82, 2.24) is 14.7 Å². The van der Waals surface area contributed by atoms with Gasteiger partial charge in [0.2, 0.25) is 5.91 Å². The lowest BCUT2D eigenvalue weighted by atomic mass is 9.98. The van der Waals surface area contributed by atoms with Crippen LogP contribution in [0.5, 0.6) is 5.75 Å². The molecule has 146 valence electrons. The molecule has 0 radical (unpaired) electrons. The molecule has 1 saturated heterocycles. The molecule has 2 atom stereocenters. The number of benzene rings is 1. The minimum atomic E-state index is -0.270. The predicted octanol–water partition coefficient (Wildman–Crippen LogP) is 3.91. The fourth-order valence-electron chi connectivity index (χ4n) is 3.73. The Hall–Kier alpha value is -2.37. The average Bonchev–Trinajstić information content (AvgIpc) is 3.00. The van der Waals surface area contributed by atoms with Crippen molar-refractivity contribution in [2.45, 2.75) is 46.1 Å². The third-order valence-electron chi connectivity index (χ3n) is 5.10. The van der Waals surface area contributed by atoms with E-state index >= 15 is 0 Å². The first-order chi connectivity index (χ1) is 12.9. The summed E-state index contributed by atoms with van der Waals surface area (Å²) in [7, 11) is 0. The molecule has 1 aliphatic rings. The van der Waals surface area contributed by atoms with Crippen molar-refractivity contribution < 1.29 is 13.9 Å². The summed E-state index contributed by atoms with van der Waals surface area (Å²) in [5, 5.41) is 4.49. The van der Waals surface area contributed by atoms with Crippen LogP contribution in [0.2, 0.25) is 0 Å². The van der Waals surface area contributed by atoms with Gasteiger partial charge in [-0.15, -0.1) is 0 Å². The molecule has 0 saturated carbocycles. The molecule has 1 aromatic carbocycles. The van der Waals surface area contributed by atoms with Crippen molar-refractivity contribution in [3.05, 3.63) is 47.5 Å². The number of halogens is 1. The summed E-state index contributed by atoms with van der Waals surface area (Å²) in [6.07, 6.45) is 2.48. The van der Waals surface area contributed by atoms with Gasteiger partial charge in [0.15, 0.2) is 0 Å². The van der Waals surface area contributed by atoms with Gasteiger partial charge in [0, 0.05) is 31.1 Å². The molecule has 0 unspecified atom stereocenters. The quantitative estimate of drug-likeness (QED) is 0.771. The number of aryl methyl sites for hydroxylation is 2. The van der Waals surface area contributed by atoms with Crippen LogP contribution in [0, 0.1) is 25.6 Å². The van der Waals surface area contributed by atoms with E-state index in [2.05, 4.69) is 5.10 Å². The Morgan fingerprint density at radius 2 is 2.07 bits per heavy atom. The van der Waals surface area contributed by atoms with Crippen LogP contribution in [-0.2, 0) is 4.79 Å². The minimum absolute atomic E-state index is 0.0436. The first-order valence-corrected chi connectivity index (χ1v) is 9.61. The zero-order chi connectivity index (χ0) is 19.4. The number of hydrogen-bond acceptors (Lipinski definition) is 3. The third kappa shape index (κ3) is 5.08. The molecule has 6 heteroatoms. The molecule has 0 bridgehead atoms. The highest BCUT2D eigenvalue weighted by Crippen LogP contribution is 2.22. The number of aromatic nitrogens is 2. The molecule has 2 heterocycles. The van der Waals surface area contributed by atoms with Crippen LogP contribution >= 0.6 is 0 Å². The molecule has 2 aromatic rings. The van der Waals surface area contributed by atoms with Gasteiger partial charge < -0.3 is 9.64 Å². The van der Waals surface area contributed by atoms with Gasteiger partial charge >= 0.3 is 0 Å². The van der Waals surface area contributed by atoms with Gasteiger partial charge in [-0.1, -0.05) is 0 Å². The third-order valence-corrected chi connectivity index (χ3v) is 5.10. The maximum Gasteiger partial charge on any atom is 0.224 e. The van der Waals surface area contributed by atoms with Crippen LogP contribution in [0.3, 0.4) is 0 Å². The van der Waals surface area contributed by atoms with E-state index < -0.39 is 0 Å². The fourth-order valence-corrected chi connectivity index (χ4v) is 3.73. The summed E-state index contributed by atoms with van der Waals surface area (Å²) < 4.78 is 20.7. The SMILES string of the molecule is Cc1cc(C)n([C@@H](C)CC(=O)N2CCC[C@@H](COc3ccc(F)cc3)C2)n1. The molecule has 1 fully saturated rings. The van der Waals surface area contributed by atoms with Gasteiger partial charge in [-0.25, -0.2) is 4.39 Å². The Kier molecular flexibility index (Phi) is 6.14. The first kappa shape index (κ1) is 19.4. The van der Waals surface area contributed by atoms with Crippen LogP contribution in [0.4, 0.5) is 4.39 Å². The number of carbonyl (C=O) groups is 1. The van der Waals surface area contributed by atoms with Crippen molar-refractivity contribution in [2.75, 3.05) is 19.7 Å². The first-order valence-electron chi connectivity index (χ1n) is 9.61. The monoisotopic (exact) mass is 373 g/mol. The van der Waals surface area contributed by atoms with Gasteiger partial charge in [-0.05, 0) is 63.9 Å². The van der Waals surface area contributed by atoms with Crippen molar-refractivity contribution in [3.63, 3.8) is 0 Å². The van der Waals surface area contributed by atoms with E-state index in [-0.39, 0.29) is 17.8 Å². The number of carbonyl (C=O) groups excluding carboxylic acids is 1. The molecule has 1 aliphatic heterocycles. The number of piperidine rings is 1. The molecule has 27 heavy (non-hydrogen) atoms. The second-order valence-corrected chi connectivity index (χ2v) is 7.54. The van der Waals surface area contributed by atoms with E-state index in [9.17, 15) is 9.18 Å². The maximum absolute atomic E-state index is 13.0. The van der Waals surface area contributed by atoms with E-state index in [0.717, 1.165) is 30.8 Å². The predicted molar refractivity (Wildman–Crippen MR) is 102 cm³/mol. The number of likely N-dealkylation sites (tertiary alicyclic amines) is 1. The van der Waals surface area contributed by atoms with Gasteiger partial charge in [0.1, 0.15) is 11.6 Å². The van der Waals surface area contributed by atoms with Crippen molar-refractivity contribution in [1.29, 1.82) is 0 Å². The molecule has 0 aliphatic carbocycles. The Morgan fingerprint density at radius 1 is 1.33 bits per heavy atom. The second kappa shape index (κ2) is 8.55. The van der Waals surface area contributed by atoms with E-state index in [1.165, 1.54) is 12.1 Å². The summed E-state index contributed by atoms with van der Waals surface area (Å²) >= 11 is 0. The maximum atomic E-state index is 13.0. The van der Waals surface area contributed by atoms with Crippen LogP contribution < -0.4 is 4.74 Å². The van der Waals surface area contributed by atoms with Crippen LogP contribution in [0.1, 0.15) is 43.6 Å². The van der Waals surface area contributed by atoms with E-state index in [1.807, 2.05) is 36.4 Å². The van der Waals surface area contributed by atoms with Crippen LogP contribution in [0.25, 0.3) is 0 Å². The lowest BCUT2D eigenvalue weighted by Crippen LogP contribution is -2.42. The Balaban J connectivity index is 1.51. The Bertz CT molecular complexity index is 772. The number of hydrogen-bond donors (Lipinski definition) is 0. The molecule has 0 spiro atoms. The summed E-state index contributed by atoms with van der Waals surface area (Å²) in [5.74, 6) is 0.866. The fraction of sp³-hybridized carbons (Fsp3) is 0.524. The van der Waals surface area contributed by atoms with Gasteiger partial charge in [-0.2, -0.15) is 5.10 Å². The Morgan fingerprint density at radius 3 is 2.74 bits per heavy atom. The molecule has 3 rings (SSSR count). The van der Waals surface area contributed by atoms with Gasteiger partial charge in [0.05, 0.1) is 18.3 Å².